The van der Waals surface area contributed by atoms with Crippen molar-refractivity contribution in [3.63, 3.8) is 0 Å². The lowest BCUT2D eigenvalue weighted by Gasteiger charge is -2.15. The zero-order valence-electron chi connectivity index (χ0n) is 10.1. The molecule has 1 aromatic heterocycles. The molecule has 0 aliphatic rings. The number of furan rings is 1. The van der Waals surface area contributed by atoms with Crippen molar-refractivity contribution in [1.29, 1.82) is 0 Å². The lowest BCUT2D eigenvalue weighted by Crippen LogP contribution is -2.13. The second kappa shape index (κ2) is 5.46. The molecule has 1 unspecified atom stereocenters. The normalized spacial score (nSPS) is 12.2. The van der Waals surface area contributed by atoms with Crippen molar-refractivity contribution >= 4 is 15.9 Å². The molecule has 1 aromatic carbocycles. The molecule has 0 spiro atoms. The summed E-state index contributed by atoms with van der Waals surface area (Å²) in [5, 5.41) is 0. The van der Waals surface area contributed by atoms with Crippen LogP contribution in [0.3, 0.4) is 0 Å². The van der Waals surface area contributed by atoms with Gasteiger partial charge < -0.3 is 19.6 Å². The van der Waals surface area contributed by atoms with Crippen LogP contribution < -0.4 is 15.2 Å². The van der Waals surface area contributed by atoms with Crippen LogP contribution in [-0.4, -0.2) is 14.2 Å². The van der Waals surface area contributed by atoms with E-state index in [2.05, 4.69) is 15.9 Å². The van der Waals surface area contributed by atoms with Gasteiger partial charge in [-0.2, -0.15) is 0 Å². The summed E-state index contributed by atoms with van der Waals surface area (Å²) in [6.07, 6.45) is 1.59. The number of hydrogen-bond donors (Lipinski definition) is 1. The van der Waals surface area contributed by atoms with Gasteiger partial charge in [-0.05, 0) is 40.2 Å². The average molecular weight is 312 g/mol. The van der Waals surface area contributed by atoms with E-state index in [1.165, 1.54) is 0 Å². The molecule has 0 aliphatic heterocycles. The van der Waals surface area contributed by atoms with Gasteiger partial charge in [-0.25, -0.2) is 0 Å². The van der Waals surface area contributed by atoms with Crippen molar-refractivity contribution in [1.82, 2.24) is 0 Å². The highest BCUT2D eigenvalue weighted by atomic mass is 79.9. The highest BCUT2D eigenvalue weighted by Gasteiger charge is 2.20. The molecular formula is C13H14BrNO3. The van der Waals surface area contributed by atoms with Crippen molar-refractivity contribution in [3.8, 4) is 11.5 Å². The van der Waals surface area contributed by atoms with Gasteiger partial charge in [-0.3, -0.25) is 0 Å². The fourth-order valence-electron chi connectivity index (χ4n) is 1.75. The molecule has 0 saturated carbocycles. The summed E-state index contributed by atoms with van der Waals surface area (Å²) >= 11 is 3.40. The zero-order valence-corrected chi connectivity index (χ0v) is 11.7. The van der Waals surface area contributed by atoms with Crippen molar-refractivity contribution in [2.75, 3.05) is 14.2 Å². The number of rotatable bonds is 4. The molecule has 2 N–H and O–H groups in total. The van der Waals surface area contributed by atoms with Gasteiger partial charge in [-0.1, -0.05) is 0 Å². The molecule has 1 atom stereocenters. The Morgan fingerprint density at radius 3 is 2.56 bits per heavy atom. The molecule has 5 heteroatoms. The second-order valence-corrected chi connectivity index (χ2v) is 4.57. The monoisotopic (exact) mass is 311 g/mol. The van der Waals surface area contributed by atoms with E-state index >= 15 is 0 Å². The van der Waals surface area contributed by atoms with Gasteiger partial charge in [0.1, 0.15) is 17.3 Å². The highest BCUT2D eigenvalue weighted by Crippen LogP contribution is 2.34. The van der Waals surface area contributed by atoms with Crippen LogP contribution in [0.15, 0.2) is 39.4 Å². The molecule has 0 amide bonds. The first-order valence-electron chi connectivity index (χ1n) is 5.37. The molecule has 96 valence electrons. The number of benzene rings is 1. The predicted octanol–water partition coefficient (Wildman–Crippen LogP) is 3.11. The minimum Gasteiger partial charge on any atom is -0.497 e. The summed E-state index contributed by atoms with van der Waals surface area (Å²) in [4.78, 5) is 0. The van der Waals surface area contributed by atoms with Crippen molar-refractivity contribution in [2.45, 2.75) is 6.04 Å². The van der Waals surface area contributed by atoms with Gasteiger partial charge in [0.2, 0.25) is 0 Å². The Bertz CT molecular complexity index is 539. The lowest BCUT2D eigenvalue weighted by molar-refractivity contribution is 0.393. The van der Waals surface area contributed by atoms with Crippen LogP contribution >= 0.6 is 15.9 Å². The van der Waals surface area contributed by atoms with E-state index in [0.717, 1.165) is 15.8 Å². The van der Waals surface area contributed by atoms with E-state index in [1.54, 1.807) is 20.5 Å². The Kier molecular flexibility index (Phi) is 3.93. The predicted molar refractivity (Wildman–Crippen MR) is 72.0 cm³/mol. The van der Waals surface area contributed by atoms with E-state index in [-0.39, 0.29) is 0 Å². The van der Waals surface area contributed by atoms with Crippen LogP contribution in [-0.2, 0) is 0 Å². The molecule has 2 aromatic rings. The van der Waals surface area contributed by atoms with Gasteiger partial charge in [0.05, 0.1) is 31.0 Å². The first-order valence-corrected chi connectivity index (χ1v) is 6.17. The third-order valence-corrected chi connectivity index (χ3v) is 3.35. The second-order valence-electron chi connectivity index (χ2n) is 3.72. The van der Waals surface area contributed by atoms with Gasteiger partial charge in [0.15, 0.2) is 0 Å². The largest absolute Gasteiger partial charge is 0.497 e. The number of ether oxygens (including phenoxy) is 2. The molecule has 4 nitrogen and oxygen atoms in total. The summed E-state index contributed by atoms with van der Waals surface area (Å²) in [5.41, 5.74) is 7.01. The summed E-state index contributed by atoms with van der Waals surface area (Å²) in [5.74, 6) is 2.08. The Morgan fingerprint density at radius 1 is 1.22 bits per heavy atom. The quantitative estimate of drug-likeness (QED) is 0.942. The van der Waals surface area contributed by atoms with Gasteiger partial charge in [0, 0.05) is 5.56 Å². The van der Waals surface area contributed by atoms with Crippen LogP contribution in [0.2, 0.25) is 0 Å². The zero-order chi connectivity index (χ0) is 13.1. The smallest absolute Gasteiger partial charge is 0.139 e. The number of halogens is 1. The maximum Gasteiger partial charge on any atom is 0.139 e. The first kappa shape index (κ1) is 13.0. The molecular weight excluding hydrogens is 298 g/mol. The van der Waals surface area contributed by atoms with E-state index < -0.39 is 6.04 Å². The molecule has 0 saturated heterocycles. The Morgan fingerprint density at radius 2 is 2.00 bits per heavy atom. The van der Waals surface area contributed by atoms with Crippen LogP contribution in [0, 0.1) is 0 Å². The van der Waals surface area contributed by atoms with Crippen LogP contribution in [0.4, 0.5) is 0 Å². The van der Waals surface area contributed by atoms with Crippen molar-refractivity contribution < 1.29 is 13.9 Å². The van der Waals surface area contributed by atoms with E-state index in [4.69, 9.17) is 19.6 Å². The molecule has 1 heterocycles. The fraction of sp³-hybridized carbons (Fsp3) is 0.231. The van der Waals surface area contributed by atoms with Crippen LogP contribution in [0.1, 0.15) is 17.4 Å². The fourth-order valence-corrected chi connectivity index (χ4v) is 2.20. The molecule has 0 fully saturated rings. The standard InChI is InChI=1S/C13H14BrNO3/c1-16-8-3-4-11(17-2)9(7-8)12(15)13-10(14)5-6-18-13/h3-7,12H,15H2,1-2H3. The maximum atomic E-state index is 6.20. The maximum absolute atomic E-state index is 6.20. The van der Waals surface area contributed by atoms with Crippen LogP contribution in [0.25, 0.3) is 0 Å². The summed E-state index contributed by atoms with van der Waals surface area (Å²) < 4.78 is 16.7. The SMILES string of the molecule is COc1ccc(OC)c(C(N)c2occc2Br)c1. The molecule has 0 bridgehead atoms. The van der Waals surface area contributed by atoms with E-state index in [9.17, 15) is 0 Å². The molecule has 0 aliphatic carbocycles. The molecule has 18 heavy (non-hydrogen) atoms. The lowest BCUT2D eigenvalue weighted by atomic mass is 10.0. The highest BCUT2D eigenvalue weighted by molar-refractivity contribution is 9.10. The van der Waals surface area contributed by atoms with E-state index in [1.807, 2.05) is 24.3 Å². The minimum absolute atomic E-state index is 0.417. The minimum atomic E-state index is -0.417. The van der Waals surface area contributed by atoms with Gasteiger partial charge in [0.25, 0.3) is 0 Å². The number of nitrogens with two attached hydrogens (primary N) is 1. The molecule has 0 radical (unpaired) electrons. The third kappa shape index (κ3) is 2.37. The van der Waals surface area contributed by atoms with Crippen molar-refractivity contribution in [2.24, 2.45) is 5.73 Å². The third-order valence-electron chi connectivity index (χ3n) is 2.70. The van der Waals surface area contributed by atoms with Gasteiger partial charge >= 0.3 is 0 Å². The number of methoxy groups -OCH3 is 2. The van der Waals surface area contributed by atoms with Gasteiger partial charge in [-0.15, -0.1) is 0 Å². The van der Waals surface area contributed by atoms with Crippen molar-refractivity contribution in [3.05, 3.63) is 46.3 Å². The summed E-state index contributed by atoms with van der Waals surface area (Å²) in [7, 11) is 3.22. The Hall–Kier alpha value is -1.46. The molecule has 2 rings (SSSR count). The average Bonchev–Trinajstić information content (AvgIpc) is 2.83. The first-order chi connectivity index (χ1) is 8.67. The Balaban J connectivity index is 2.45. The summed E-state index contributed by atoms with van der Waals surface area (Å²) in [6, 6.07) is 6.89. The Labute approximate surface area is 114 Å². The summed E-state index contributed by atoms with van der Waals surface area (Å²) in [6.45, 7) is 0. The van der Waals surface area contributed by atoms with E-state index in [0.29, 0.717) is 11.5 Å². The van der Waals surface area contributed by atoms with Crippen LogP contribution in [0.5, 0.6) is 11.5 Å². The topological polar surface area (TPSA) is 57.6 Å². The number of hydrogen-bond acceptors (Lipinski definition) is 4.